The van der Waals surface area contributed by atoms with Crippen LogP contribution in [0, 0.1) is 0 Å². The van der Waals surface area contributed by atoms with Crippen molar-refractivity contribution in [2.24, 2.45) is 0 Å². The molecule has 3 aromatic rings. The number of thioether (sulfide) groups is 1. The summed E-state index contributed by atoms with van der Waals surface area (Å²) in [5, 5.41) is 11.8. The van der Waals surface area contributed by atoms with Crippen LogP contribution >= 0.6 is 11.8 Å². The van der Waals surface area contributed by atoms with Gasteiger partial charge in [0.1, 0.15) is 5.25 Å². The molecule has 0 saturated carbocycles. The molecule has 2 atom stereocenters. The van der Waals surface area contributed by atoms with Gasteiger partial charge in [-0.25, -0.2) is 4.68 Å². The van der Waals surface area contributed by atoms with Crippen molar-refractivity contribution in [1.82, 2.24) is 14.9 Å². The van der Waals surface area contributed by atoms with Crippen molar-refractivity contribution in [3.8, 4) is 0 Å². The standard InChI is InChI=1S/C19H19N5OS/c1-2-15-21-22-19-24(15)23-16(13-9-5-3-6-10-13)17(26-19)18(25)20-14-11-7-4-8-12-14/h3-12,16-17,23H,2H2,1H3,(H,20,25). The smallest absolute Gasteiger partial charge is 0.240 e. The number of hydrogen-bond donors (Lipinski definition) is 2. The number of aryl methyl sites for hydroxylation is 1. The Labute approximate surface area is 156 Å². The molecule has 0 aliphatic carbocycles. The van der Waals surface area contributed by atoms with Gasteiger partial charge in [-0.05, 0) is 17.7 Å². The van der Waals surface area contributed by atoms with Crippen molar-refractivity contribution in [1.29, 1.82) is 0 Å². The Kier molecular flexibility index (Phi) is 4.62. The minimum absolute atomic E-state index is 0.0603. The van der Waals surface area contributed by atoms with Gasteiger partial charge in [-0.3, -0.25) is 4.79 Å². The number of nitrogens with one attached hydrogen (secondary N) is 2. The first-order valence-corrected chi connectivity index (χ1v) is 9.42. The minimum Gasteiger partial charge on any atom is -0.325 e. The van der Waals surface area contributed by atoms with E-state index in [9.17, 15) is 4.79 Å². The second kappa shape index (κ2) is 7.21. The molecular weight excluding hydrogens is 346 g/mol. The fraction of sp³-hybridized carbons (Fsp3) is 0.211. The van der Waals surface area contributed by atoms with Gasteiger partial charge in [0, 0.05) is 12.1 Å². The van der Waals surface area contributed by atoms with Crippen molar-refractivity contribution in [3.63, 3.8) is 0 Å². The lowest BCUT2D eigenvalue weighted by atomic mass is 10.0. The van der Waals surface area contributed by atoms with Crippen molar-refractivity contribution < 1.29 is 4.79 Å². The number of aromatic nitrogens is 3. The number of benzene rings is 2. The molecule has 2 heterocycles. The summed E-state index contributed by atoms with van der Waals surface area (Å²) in [7, 11) is 0. The Morgan fingerprint density at radius 3 is 2.50 bits per heavy atom. The van der Waals surface area contributed by atoms with E-state index < -0.39 is 0 Å². The summed E-state index contributed by atoms with van der Waals surface area (Å²) in [6, 6.07) is 19.3. The van der Waals surface area contributed by atoms with Crippen molar-refractivity contribution in [2.75, 3.05) is 10.7 Å². The number of rotatable bonds is 4. The van der Waals surface area contributed by atoms with Gasteiger partial charge in [0.15, 0.2) is 5.82 Å². The minimum atomic E-state index is -0.362. The number of carbonyl (C=O) groups excluding carboxylic acids is 1. The third-order valence-corrected chi connectivity index (χ3v) is 5.49. The molecule has 0 bridgehead atoms. The summed E-state index contributed by atoms with van der Waals surface area (Å²) in [4.78, 5) is 13.0. The van der Waals surface area contributed by atoms with Crippen LogP contribution in [0.3, 0.4) is 0 Å². The highest BCUT2D eigenvalue weighted by Gasteiger charge is 2.37. The fourth-order valence-corrected chi connectivity index (χ4v) is 4.07. The molecule has 1 aliphatic rings. The highest BCUT2D eigenvalue weighted by atomic mass is 32.2. The lowest BCUT2D eigenvalue weighted by Crippen LogP contribution is -2.41. The Morgan fingerprint density at radius 2 is 1.81 bits per heavy atom. The molecule has 4 rings (SSSR count). The predicted octanol–water partition coefficient (Wildman–Crippen LogP) is 3.24. The van der Waals surface area contributed by atoms with E-state index in [1.54, 1.807) is 0 Å². The molecule has 1 aromatic heterocycles. The van der Waals surface area contributed by atoms with Gasteiger partial charge in [-0.2, -0.15) is 0 Å². The number of anilines is 1. The molecule has 0 saturated heterocycles. The molecule has 1 amide bonds. The van der Waals surface area contributed by atoms with Crippen molar-refractivity contribution >= 4 is 23.4 Å². The summed E-state index contributed by atoms with van der Waals surface area (Å²) in [5.41, 5.74) is 5.27. The van der Waals surface area contributed by atoms with Gasteiger partial charge in [-0.1, -0.05) is 67.2 Å². The van der Waals surface area contributed by atoms with Crippen LogP contribution in [-0.2, 0) is 11.2 Å². The normalized spacial score (nSPS) is 18.7. The van der Waals surface area contributed by atoms with Crippen LogP contribution in [0.25, 0.3) is 0 Å². The third kappa shape index (κ3) is 3.17. The zero-order valence-electron chi connectivity index (χ0n) is 14.3. The first-order chi connectivity index (χ1) is 12.8. The average molecular weight is 365 g/mol. The Hall–Kier alpha value is -2.80. The number of amides is 1. The molecular formula is C19H19N5OS. The third-order valence-electron chi connectivity index (χ3n) is 4.28. The lowest BCUT2D eigenvalue weighted by Gasteiger charge is -2.32. The molecule has 2 unspecified atom stereocenters. The van der Waals surface area contributed by atoms with E-state index in [2.05, 4.69) is 20.9 Å². The van der Waals surface area contributed by atoms with Crippen LogP contribution < -0.4 is 10.7 Å². The molecule has 7 heteroatoms. The maximum absolute atomic E-state index is 13.0. The number of para-hydroxylation sites is 1. The molecule has 1 aliphatic heterocycles. The molecule has 132 valence electrons. The summed E-state index contributed by atoms with van der Waals surface area (Å²) in [6.07, 6.45) is 0.767. The number of hydrogen-bond acceptors (Lipinski definition) is 5. The lowest BCUT2D eigenvalue weighted by molar-refractivity contribution is -0.116. The summed E-state index contributed by atoms with van der Waals surface area (Å²) < 4.78 is 1.90. The van der Waals surface area contributed by atoms with Gasteiger partial charge >= 0.3 is 0 Å². The predicted molar refractivity (Wildman–Crippen MR) is 103 cm³/mol. The zero-order valence-corrected chi connectivity index (χ0v) is 15.1. The van der Waals surface area contributed by atoms with Crippen LogP contribution in [0.4, 0.5) is 5.69 Å². The molecule has 2 N–H and O–H groups in total. The SMILES string of the molecule is CCc1nnc2n1NC(c1ccccc1)C(C(=O)Nc1ccccc1)S2. The summed E-state index contributed by atoms with van der Waals surface area (Å²) >= 11 is 1.44. The first-order valence-electron chi connectivity index (χ1n) is 8.54. The average Bonchev–Trinajstić information content (AvgIpc) is 3.10. The highest BCUT2D eigenvalue weighted by Crippen LogP contribution is 2.37. The Bertz CT molecular complexity index is 897. The van der Waals surface area contributed by atoms with E-state index >= 15 is 0 Å². The van der Waals surface area contributed by atoms with E-state index in [0.29, 0.717) is 5.16 Å². The van der Waals surface area contributed by atoms with E-state index in [4.69, 9.17) is 0 Å². The van der Waals surface area contributed by atoms with Crippen LogP contribution in [0.5, 0.6) is 0 Å². The number of nitrogens with zero attached hydrogens (tertiary/aromatic N) is 3. The van der Waals surface area contributed by atoms with E-state index in [1.165, 1.54) is 11.8 Å². The second-order valence-electron chi connectivity index (χ2n) is 6.00. The Balaban J connectivity index is 1.67. The zero-order chi connectivity index (χ0) is 17.9. The van der Waals surface area contributed by atoms with Gasteiger partial charge in [0.05, 0.1) is 6.04 Å². The molecule has 2 aromatic carbocycles. The fourth-order valence-electron chi connectivity index (χ4n) is 2.97. The van der Waals surface area contributed by atoms with Crippen LogP contribution in [0.15, 0.2) is 65.8 Å². The van der Waals surface area contributed by atoms with Crippen LogP contribution in [0.2, 0.25) is 0 Å². The topological polar surface area (TPSA) is 71.8 Å². The van der Waals surface area contributed by atoms with Crippen LogP contribution in [-0.4, -0.2) is 26.0 Å². The number of fused-ring (bicyclic) bond motifs is 1. The number of carbonyl (C=O) groups is 1. The first kappa shape index (κ1) is 16.7. The van der Waals surface area contributed by atoms with E-state index in [-0.39, 0.29) is 17.2 Å². The highest BCUT2D eigenvalue weighted by molar-refractivity contribution is 8.00. The maximum Gasteiger partial charge on any atom is 0.240 e. The van der Waals surface area contributed by atoms with Gasteiger partial charge in [0.25, 0.3) is 0 Å². The molecule has 0 fully saturated rings. The van der Waals surface area contributed by atoms with Gasteiger partial charge in [0.2, 0.25) is 11.1 Å². The summed E-state index contributed by atoms with van der Waals surface area (Å²) in [6.45, 7) is 2.04. The summed E-state index contributed by atoms with van der Waals surface area (Å²) in [5.74, 6) is 0.796. The molecule has 0 spiro atoms. The largest absolute Gasteiger partial charge is 0.325 e. The van der Waals surface area contributed by atoms with Gasteiger partial charge < -0.3 is 10.7 Å². The molecule has 26 heavy (non-hydrogen) atoms. The Morgan fingerprint density at radius 1 is 1.12 bits per heavy atom. The molecule has 6 nitrogen and oxygen atoms in total. The van der Waals surface area contributed by atoms with Crippen LogP contribution in [0.1, 0.15) is 24.4 Å². The second-order valence-corrected chi connectivity index (χ2v) is 7.11. The van der Waals surface area contributed by atoms with E-state index in [1.807, 2.05) is 72.3 Å². The maximum atomic E-state index is 13.0. The van der Waals surface area contributed by atoms with Crippen molar-refractivity contribution in [3.05, 3.63) is 72.1 Å². The van der Waals surface area contributed by atoms with Crippen molar-refractivity contribution in [2.45, 2.75) is 29.8 Å². The molecule has 0 radical (unpaired) electrons. The van der Waals surface area contributed by atoms with Gasteiger partial charge in [-0.15, -0.1) is 10.2 Å². The quantitative estimate of drug-likeness (QED) is 0.743. The monoisotopic (exact) mass is 365 g/mol. The van der Waals surface area contributed by atoms with E-state index in [0.717, 1.165) is 23.5 Å².